The molecule has 2 aliphatic heterocycles. The van der Waals surface area contributed by atoms with E-state index in [4.69, 9.17) is 19.4 Å². The Labute approximate surface area is 336 Å². The lowest BCUT2D eigenvalue weighted by Gasteiger charge is -2.32. The van der Waals surface area contributed by atoms with Crippen LogP contribution in [-0.2, 0) is 14.3 Å². The Morgan fingerprint density at radius 2 is 1.46 bits per heavy atom. The molecular formula is C44H58N8O5. The Hall–Kier alpha value is -5.35. The standard InChI is InChI=1S/C44H58N8O5/c1-7-30(8-2)36(49-43(54)56-5)27-51-23-11-13-37(51)41-46-33-22-19-29(25-34(33)47-41)16-15-28-17-20-32(21-18-28)35-26-45-40(48-35)38-14-12-24-52(38)42(53)39(31(9-3)10-4)50-44(55)57-6/h17-22,25-26,30-31,36-39H,7-14,23-24,27H2,1-6H3,(H,45,48)(H,46,47)(H,49,54)(H,50,55). The quantitative estimate of drug-likeness (QED) is 0.0961. The SMILES string of the molecule is CCC(CC)C(CN1CCCC1c1nc2ccc(C#Cc3ccc(-c4cnc(C5CCCN5C(=O)C(NC(=O)OC)C(CC)CC)[nH]4)cc3)cc2[nH]1)NC(=O)OC. The third-order valence-corrected chi connectivity index (χ3v) is 12.0. The molecule has 4 atom stereocenters. The van der Waals surface area contributed by atoms with Crippen LogP contribution in [0.1, 0.15) is 114 Å². The highest BCUT2D eigenvalue weighted by Crippen LogP contribution is 2.34. The Bertz CT molecular complexity index is 2040. The fourth-order valence-corrected chi connectivity index (χ4v) is 8.60. The van der Waals surface area contributed by atoms with E-state index in [0.29, 0.717) is 12.5 Å². The maximum Gasteiger partial charge on any atom is 0.407 e. The summed E-state index contributed by atoms with van der Waals surface area (Å²) in [5.74, 6) is 8.57. The fraction of sp³-hybridized carbons (Fsp3) is 0.523. The summed E-state index contributed by atoms with van der Waals surface area (Å²) in [6.07, 6.45) is 8.05. The first-order chi connectivity index (χ1) is 27.7. The number of ether oxygens (including phenoxy) is 2. The van der Waals surface area contributed by atoms with Gasteiger partial charge >= 0.3 is 12.2 Å². The van der Waals surface area contributed by atoms with E-state index in [9.17, 15) is 14.4 Å². The number of nitrogens with one attached hydrogen (secondary N) is 4. The van der Waals surface area contributed by atoms with Gasteiger partial charge in [-0.1, -0.05) is 77.4 Å². The summed E-state index contributed by atoms with van der Waals surface area (Å²) in [6.45, 7) is 10.7. The number of hydrogen-bond acceptors (Lipinski definition) is 8. The predicted molar refractivity (Wildman–Crippen MR) is 220 cm³/mol. The van der Waals surface area contributed by atoms with E-state index in [2.05, 4.69) is 57.3 Å². The van der Waals surface area contributed by atoms with Crippen molar-refractivity contribution < 1.29 is 23.9 Å². The molecule has 2 aromatic carbocycles. The van der Waals surface area contributed by atoms with Crippen LogP contribution in [0.2, 0.25) is 0 Å². The first-order valence-corrected chi connectivity index (χ1v) is 20.6. The number of imidazole rings is 2. The van der Waals surface area contributed by atoms with E-state index >= 15 is 0 Å². The number of aromatic amines is 2. The van der Waals surface area contributed by atoms with Crippen molar-refractivity contribution in [2.75, 3.05) is 33.9 Å². The number of rotatable bonds is 14. The summed E-state index contributed by atoms with van der Waals surface area (Å²) >= 11 is 0. The molecule has 0 aliphatic carbocycles. The summed E-state index contributed by atoms with van der Waals surface area (Å²) in [7, 11) is 2.73. The van der Waals surface area contributed by atoms with Crippen LogP contribution in [0.25, 0.3) is 22.3 Å². The van der Waals surface area contributed by atoms with E-state index in [1.165, 1.54) is 14.2 Å². The number of hydrogen-bond donors (Lipinski definition) is 4. The normalized spacial score (nSPS) is 18.1. The van der Waals surface area contributed by atoms with E-state index in [0.717, 1.165) is 110 Å². The van der Waals surface area contributed by atoms with Crippen LogP contribution in [-0.4, -0.2) is 93.8 Å². The van der Waals surface area contributed by atoms with Gasteiger partial charge < -0.3 is 35.0 Å². The van der Waals surface area contributed by atoms with Crippen molar-refractivity contribution in [3.8, 4) is 23.1 Å². The van der Waals surface area contributed by atoms with Crippen molar-refractivity contribution in [2.24, 2.45) is 11.8 Å². The second kappa shape index (κ2) is 19.2. The third-order valence-electron chi connectivity index (χ3n) is 12.0. The van der Waals surface area contributed by atoms with Gasteiger partial charge in [0.25, 0.3) is 0 Å². The van der Waals surface area contributed by atoms with Crippen molar-refractivity contribution >= 4 is 29.1 Å². The molecule has 13 heteroatoms. The van der Waals surface area contributed by atoms with Gasteiger partial charge in [-0.2, -0.15) is 0 Å². The number of aromatic nitrogens is 4. The summed E-state index contributed by atoms with van der Waals surface area (Å²) < 4.78 is 9.79. The van der Waals surface area contributed by atoms with Gasteiger partial charge in [0.1, 0.15) is 17.7 Å². The van der Waals surface area contributed by atoms with Crippen LogP contribution in [0.4, 0.5) is 9.59 Å². The molecule has 2 aromatic heterocycles. The molecule has 3 amide bonds. The first-order valence-electron chi connectivity index (χ1n) is 20.6. The van der Waals surface area contributed by atoms with E-state index < -0.39 is 12.1 Å². The molecule has 304 valence electrons. The molecule has 57 heavy (non-hydrogen) atoms. The van der Waals surface area contributed by atoms with Gasteiger partial charge in [0.2, 0.25) is 5.91 Å². The maximum absolute atomic E-state index is 13.8. The highest BCUT2D eigenvalue weighted by molar-refractivity contribution is 5.86. The molecule has 0 saturated carbocycles. The molecule has 0 spiro atoms. The van der Waals surface area contributed by atoms with Crippen LogP contribution < -0.4 is 10.6 Å². The number of carbonyl (C=O) groups excluding carboxylic acids is 3. The highest BCUT2D eigenvalue weighted by Gasteiger charge is 2.39. The number of nitrogens with zero attached hydrogens (tertiary/aromatic N) is 4. The van der Waals surface area contributed by atoms with Gasteiger partial charge in [-0.25, -0.2) is 19.6 Å². The van der Waals surface area contributed by atoms with Gasteiger partial charge in [-0.3, -0.25) is 9.69 Å². The maximum atomic E-state index is 13.8. The average molecular weight is 779 g/mol. The minimum absolute atomic E-state index is 0.00176. The van der Waals surface area contributed by atoms with E-state index in [1.807, 2.05) is 61.3 Å². The Kier molecular flexibility index (Phi) is 13.9. The molecule has 0 bridgehead atoms. The lowest BCUT2D eigenvalue weighted by atomic mass is 9.93. The van der Waals surface area contributed by atoms with Crippen LogP contribution in [0.5, 0.6) is 0 Å². The molecular weight excluding hydrogens is 721 g/mol. The van der Waals surface area contributed by atoms with Crippen molar-refractivity contribution in [3.63, 3.8) is 0 Å². The second-order valence-corrected chi connectivity index (χ2v) is 15.2. The smallest absolute Gasteiger partial charge is 0.407 e. The minimum atomic E-state index is -0.653. The monoisotopic (exact) mass is 778 g/mol. The number of fused-ring (bicyclic) bond motifs is 1. The Morgan fingerprint density at radius 3 is 2.16 bits per heavy atom. The van der Waals surface area contributed by atoms with Crippen molar-refractivity contribution in [3.05, 3.63) is 71.4 Å². The molecule has 13 nitrogen and oxygen atoms in total. The van der Waals surface area contributed by atoms with Gasteiger partial charge in [-0.05, 0) is 80.0 Å². The van der Waals surface area contributed by atoms with E-state index in [1.54, 1.807) is 0 Å². The average Bonchev–Trinajstić information content (AvgIpc) is 4.07. The Morgan fingerprint density at radius 1 is 0.807 bits per heavy atom. The molecule has 4 heterocycles. The van der Waals surface area contributed by atoms with Crippen LogP contribution in [0.15, 0.2) is 48.7 Å². The highest BCUT2D eigenvalue weighted by atomic mass is 16.5. The summed E-state index contributed by atoms with van der Waals surface area (Å²) in [4.78, 5) is 59.2. The summed E-state index contributed by atoms with van der Waals surface area (Å²) in [6, 6.07) is 13.4. The molecule has 4 unspecified atom stereocenters. The molecule has 6 rings (SSSR count). The molecule has 2 aliphatic rings. The van der Waals surface area contributed by atoms with Crippen molar-refractivity contribution in [2.45, 2.75) is 103 Å². The molecule has 4 N–H and O–H groups in total. The van der Waals surface area contributed by atoms with Gasteiger partial charge in [0.15, 0.2) is 0 Å². The number of methoxy groups -OCH3 is 2. The van der Waals surface area contributed by atoms with E-state index in [-0.39, 0.29) is 36.0 Å². The molecule has 2 fully saturated rings. The summed E-state index contributed by atoms with van der Waals surface area (Å²) in [5.41, 5.74) is 5.46. The number of amides is 3. The number of likely N-dealkylation sites (tertiary alicyclic amines) is 2. The van der Waals surface area contributed by atoms with Crippen LogP contribution >= 0.6 is 0 Å². The lowest BCUT2D eigenvalue weighted by molar-refractivity contribution is -0.136. The van der Waals surface area contributed by atoms with Crippen molar-refractivity contribution in [1.29, 1.82) is 0 Å². The first kappa shape index (κ1) is 41.3. The number of benzene rings is 2. The Balaban J connectivity index is 1.11. The number of H-pyrrole nitrogens is 2. The fourth-order valence-electron chi connectivity index (χ4n) is 8.60. The molecule has 0 radical (unpaired) electrons. The predicted octanol–water partition coefficient (Wildman–Crippen LogP) is 7.47. The van der Waals surface area contributed by atoms with Gasteiger partial charge in [0, 0.05) is 30.3 Å². The molecule has 4 aromatic rings. The largest absolute Gasteiger partial charge is 0.453 e. The zero-order valence-electron chi connectivity index (χ0n) is 34.2. The number of alkyl carbamates (subject to hydrolysis) is 2. The topological polar surface area (TPSA) is 158 Å². The zero-order chi connectivity index (χ0) is 40.5. The van der Waals surface area contributed by atoms with Crippen molar-refractivity contribution in [1.82, 2.24) is 40.4 Å². The van der Waals surface area contributed by atoms with Gasteiger partial charge in [-0.15, -0.1) is 0 Å². The summed E-state index contributed by atoms with van der Waals surface area (Å²) in [5, 5.41) is 5.89. The minimum Gasteiger partial charge on any atom is -0.453 e. The zero-order valence-corrected chi connectivity index (χ0v) is 34.2. The van der Waals surface area contributed by atoms with Crippen LogP contribution in [0.3, 0.4) is 0 Å². The molecule has 2 saturated heterocycles. The number of carbonyl (C=O) groups is 3. The third kappa shape index (κ3) is 9.62. The van der Waals surface area contributed by atoms with Gasteiger partial charge in [0.05, 0.1) is 49.2 Å². The lowest BCUT2D eigenvalue weighted by Crippen LogP contribution is -2.52. The van der Waals surface area contributed by atoms with Crippen LogP contribution in [0, 0.1) is 23.7 Å². The second-order valence-electron chi connectivity index (χ2n) is 15.2.